The monoisotopic (exact) mass is 516 g/mol. The van der Waals surface area contributed by atoms with Crippen LogP contribution in [0.1, 0.15) is 16.7 Å². The number of rotatable bonds is 11. The van der Waals surface area contributed by atoms with Crippen molar-refractivity contribution in [2.75, 3.05) is 39.1 Å². The van der Waals surface area contributed by atoms with Crippen molar-refractivity contribution in [3.05, 3.63) is 77.5 Å². The predicted molar refractivity (Wildman–Crippen MR) is 148 cm³/mol. The van der Waals surface area contributed by atoms with Crippen LogP contribution in [0.25, 0.3) is 0 Å². The Morgan fingerprint density at radius 3 is 1.97 bits per heavy atom. The summed E-state index contributed by atoms with van der Waals surface area (Å²) >= 11 is 0. The van der Waals surface area contributed by atoms with E-state index in [1.165, 1.54) is 0 Å². The molecule has 9 nitrogen and oxygen atoms in total. The zero-order valence-corrected chi connectivity index (χ0v) is 22.4. The van der Waals surface area contributed by atoms with Gasteiger partial charge in [-0.3, -0.25) is 0 Å². The largest absolute Gasteiger partial charge is 0.493 e. The first kappa shape index (κ1) is 26.4. The average molecular weight is 517 g/mol. The van der Waals surface area contributed by atoms with Crippen molar-refractivity contribution in [2.45, 2.75) is 20.4 Å². The summed E-state index contributed by atoms with van der Waals surface area (Å²) in [5.41, 5.74) is 4.80. The molecule has 0 unspecified atom stereocenters. The van der Waals surface area contributed by atoms with E-state index in [2.05, 4.69) is 41.6 Å². The molecule has 9 heteroatoms. The van der Waals surface area contributed by atoms with Crippen molar-refractivity contribution < 1.29 is 23.7 Å². The maximum atomic E-state index is 6.26. The second-order valence-electron chi connectivity index (χ2n) is 8.44. The summed E-state index contributed by atoms with van der Waals surface area (Å²) in [4.78, 5) is 9.24. The molecular formula is C29H32N4O5. The molecule has 0 aliphatic carbocycles. The molecule has 0 aliphatic heterocycles. The maximum Gasteiger partial charge on any atom is 0.230 e. The minimum absolute atomic E-state index is 0.333. The normalized spacial score (nSPS) is 10.5. The van der Waals surface area contributed by atoms with Gasteiger partial charge < -0.3 is 34.3 Å². The number of nitrogens with zero attached hydrogens (tertiary/aromatic N) is 2. The standard InChI is InChI=1S/C29H32N4O5/c1-18-10-9-11-19(2)26(18)30-16-20-17-31-29(33-28(20)38-23-13-8-7-12-22(23)34-3)32-21-14-24(35-4)27(37-6)25(15-21)36-5/h7-15,17,30H,16H2,1-6H3,(H,31,32,33). The summed E-state index contributed by atoms with van der Waals surface area (Å²) in [6.45, 7) is 4.60. The molecule has 1 aromatic heterocycles. The molecule has 4 rings (SSSR count). The first-order valence-electron chi connectivity index (χ1n) is 12.0. The highest BCUT2D eigenvalue weighted by Gasteiger charge is 2.16. The molecule has 38 heavy (non-hydrogen) atoms. The van der Waals surface area contributed by atoms with E-state index in [1.807, 2.05) is 30.3 Å². The number of anilines is 3. The number of hydrogen-bond acceptors (Lipinski definition) is 9. The Morgan fingerprint density at radius 2 is 1.37 bits per heavy atom. The van der Waals surface area contributed by atoms with Gasteiger partial charge in [-0.25, -0.2) is 4.98 Å². The van der Waals surface area contributed by atoms with Crippen molar-refractivity contribution in [1.82, 2.24) is 9.97 Å². The highest BCUT2D eigenvalue weighted by Crippen LogP contribution is 2.40. The van der Waals surface area contributed by atoms with Gasteiger partial charge in [0.2, 0.25) is 17.6 Å². The van der Waals surface area contributed by atoms with Gasteiger partial charge in [0.05, 0.1) is 34.0 Å². The first-order chi connectivity index (χ1) is 18.5. The molecule has 0 atom stereocenters. The van der Waals surface area contributed by atoms with Gasteiger partial charge in [0.15, 0.2) is 23.0 Å². The lowest BCUT2D eigenvalue weighted by atomic mass is 10.1. The lowest BCUT2D eigenvalue weighted by Crippen LogP contribution is -2.08. The van der Waals surface area contributed by atoms with Crippen molar-refractivity contribution in [2.24, 2.45) is 0 Å². The van der Waals surface area contributed by atoms with Gasteiger partial charge >= 0.3 is 0 Å². The third-order valence-corrected chi connectivity index (χ3v) is 5.96. The van der Waals surface area contributed by atoms with E-state index < -0.39 is 0 Å². The van der Waals surface area contributed by atoms with Gasteiger partial charge in [-0.15, -0.1) is 0 Å². The second-order valence-corrected chi connectivity index (χ2v) is 8.44. The molecule has 198 valence electrons. The summed E-state index contributed by atoms with van der Waals surface area (Å²) in [6.07, 6.45) is 1.73. The van der Waals surface area contributed by atoms with Crippen molar-refractivity contribution in [3.63, 3.8) is 0 Å². The fourth-order valence-electron chi connectivity index (χ4n) is 4.03. The molecule has 0 bridgehead atoms. The number of aromatic nitrogens is 2. The van der Waals surface area contributed by atoms with Gasteiger partial charge in [-0.1, -0.05) is 30.3 Å². The molecule has 0 fully saturated rings. The number of hydrogen-bond donors (Lipinski definition) is 2. The summed E-state index contributed by atoms with van der Waals surface area (Å²) in [6, 6.07) is 17.2. The SMILES string of the molecule is COc1ccccc1Oc1nc(Nc2cc(OC)c(OC)c(OC)c2)ncc1CNc1c(C)cccc1C. The van der Waals surface area contributed by atoms with E-state index in [1.54, 1.807) is 46.8 Å². The second kappa shape index (κ2) is 12.1. The number of aryl methyl sites for hydroxylation is 2. The van der Waals surface area contributed by atoms with Gasteiger partial charge in [-0.05, 0) is 37.1 Å². The minimum atomic E-state index is 0.333. The van der Waals surface area contributed by atoms with E-state index in [0.717, 1.165) is 22.4 Å². The zero-order chi connectivity index (χ0) is 27.1. The Hall–Kier alpha value is -4.66. The number of ether oxygens (including phenoxy) is 5. The third-order valence-electron chi connectivity index (χ3n) is 5.96. The van der Waals surface area contributed by atoms with Crippen LogP contribution in [0, 0.1) is 13.8 Å². The number of methoxy groups -OCH3 is 4. The summed E-state index contributed by atoms with van der Waals surface area (Å²) in [5, 5.41) is 6.71. The summed E-state index contributed by atoms with van der Waals surface area (Å²) in [7, 11) is 6.29. The average Bonchev–Trinajstić information content (AvgIpc) is 2.93. The molecule has 4 aromatic rings. The Kier molecular flexibility index (Phi) is 8.37. The van der Waals surface area contributed by atoms with Gasteiger partial charge in [-0.2, -0.15) is 4.98 Å². The highest BCUT2D eigenvalue weighted by atomic mass is 16.5. The van der Waals surface area contributed by atoms with E-state index in [0.29, 0.717) is 52.8 Å². The van der Waals surface area contributed by atoms with Crippen LogP contribution in [-0.2, 0) is 6.54 Å². The molecule has 0 spiro atoms. The lowest BCUT2D eigenvalue weighted by molar-refractivity contribution is 0.324. The van der Waals surface area contributed by atoms with Crippen LogP contribution in [0.4, 0.5) is 17.3 Å². The predicted octanol–water partition coefficient (Wildman–Crippen LogP) is 6.28. The maximum absolute atomic E-state index is 6.26. The van der Waals surface area contributed by atoms with E-state index in [-0.39, 0.29) is 0 Å². The fourth-order valence-corrected chi connectivity index (χ4v) is 4.03. The van der Waals surface area contributed by atoms with Crippen LogP contribution in [0.2, 0.25) is 0 Å². The molecule has 0 radical (unpaired) electrons. The molecule has 0 saturated carbocycles. The molecular weight excluding hydrogens is 484 g/mol. The van der Waals surface area contributed by atoms with Crippen LogP contribution >= 0.6 is 0 Å². The van der Waals surface area contributed by atoms with E-state index in [9.17, 15) is 0 Å². The number of benzene rings is 3. The summed E-state index contributed by atoms with van der Waals surface area (Å²) in [5.74, 6) is 3.37. The molecule has 2 N–H and O–H groups in total. The third kappa shape index (κ3) is 5.83. The minimum Gasteiger partial charge on any atom is -0.493 e. The Balaban J connectivity index is 1.69. The van der Waals surface area contributed by atoms with Crippen LogP contribution in [0.3, 0.4) is 0 Å². The molecule has 0 aliphatic rings. The van der Waals surface area contributed by atoms with E-state index >= 15 is 0 Å². The molecule has 0 amide bonds. The fraction of sp³-hybridized carbons (Fsp3) is 0.241. The topological polar surface area (TPSA) is 96.0 Å². The Bertz CT molecular complexity index is 1360. The molecule has 0 saturated heterocycles. The Labute approximate surface area is 222 Å². The smallest absolute Gasteiger partial charge is 0.230 e. The zero-order valence-electron chi connectivity index (χ0n) is 22.4. The number of nitrogens with one attached hydrogen (secondary N) is 2. The van der Waals surface area contributed by atoms with Crippen LogP contribution in [0.15, 0.2) is 60.8 Å². The Morgan fingerprint density at radius 1 is 0.737 bits per heavy atom. The van der Waals surface area contributed by atoms with Gasteiger partial charge in [0, 0.05) is 36.2 Å². The quantitative estimate of drug-likeness (QED) is 0.239. The van der Waals surface area contributed by atoms with Crippen molar-refractivity contribution in [1.29, 1.82) is 0 Å². The molecule has 3 aromatic carbocycles. The highest BCUT2D eigenvalue weighted by molar-refractivity contribution is 5.66. The van der Waals surface area contributed by atoms with Crippen LogP contribution in [-0.4, -0.2) is 38.4 Å². The van der Waals surface area contributed by atoms with Crippen LogP contribution < -0.4 is 34.3 Å². The van der Waals surface area contributed by atoms with E-state index in [4.69, 9.17) is 28.7 Å². The first-order valence-corrected chi connectivity index (χ1v) is 12.0. The number of para-hydroxylation sites is 3. The van der Waals surface area contributed by atoms with Gasteiger partial charge in [0.1, 0.15) is 0 Å². The van der Waals surface area contributed by atoms with Crippen molar-refractivity contribution >= 4 is 17.3 Å². The van der Waals surface area contributed by atoms with Crippen LogP contribution in [0.5, 0.6) is 34.6 Å². The van der Waals surface area contributed by atoms with Gasteiger partial charge in [0.25, 0.3) is 0 Å². The van der Waals surface area contributed by atoms with Crippen molar-refractivity contribution in [3.8, 4) is 34.6 Å². The lowest BCUT2D eigenvalue weighted by Gasteiger charge is -2.17. The summed E-state index contributed by atoms with van der Waals surface area (Å²) < 4.78 is 28.1. The molecule has 1 heterocycles.